The summed E-state index contributed by atoms with van der Waals surface area (Å²) in [5.74, 6) is -0.0647. The normalized spacial score (nSPS) is 23.4. The van der Waals surface area contributed by atoms with Gasteiger partial charge in [0.15, 0.2) is 5.76 Å². The molecule has 1 fully saturated rings. The van der Waals surface area contributed by atoms with Gasteiger partial charge in [-0.25, -0.2) is 0 Å². The van der Waals surface area contributed by atoms with Crippen LogP contribution in [0.2, 0.25) is 0 Å². The van der Waals surface area contributed by atoms with Gasteiger partial charge in [0.25, 0.3) is 5.91 Å². The average Bonchev–Trinajstić information content (AvgIpc) is 2.84. The monoisotopic (exact) mass is 265 g/mol. The molecule has 104 valence electrons. The van der Waals surface area contributed by atoms with Gasteiger partial charge in [0, 0.05) is 13.1 Å². The maximum atomic E-state index is 12.3. The van der Waals surface area contributed by atoms with E-state index in [0.717, 1.165) is 0 Å². The number of hydrogen-bond acceptors (Lipinski definition) is 3. The molecule has 1 N–H and O–H groups in total. The number of rotatable bonds is 3. The molecule has 1 aliphatic heterocycles. The number of amides is 1. The first-order valence-corrected chi connectivity index (χ1v) is 6.57. The van der Waals surface area contributed by atoms with Crippen LogP contribution in [0.1, 0.15) is 42.5 Å². The van der Waals surface area contributed by atoms with Gasteiger partial charge in [0.1, 0.15) is 5.76 Å². The highest BCUT2D eigenvalue weighted by molar-refractivity contribution is 5.92. The zero-order valence-corrected chi connectivity index (χ0v) is 11.3. The zero-order chi connectivity index (χ0) is 14.0. The number of carbonyl (C=O) groups is 2. The van der Waals surface area contributed by atoms with Crippen molar-refractivity contribution < 1.29 is 19.1 Å². The fourth-order valence-corrected chi connectivity index (χ4v) is 2.62. The highest BCUT2D eigenvalue weighted by Gasteiger charge is 2.42. The summed E-state index contributed by atoms with van der Waals surface area (Å²) in [5.41, 5.74) is -0.810. The topological polar surface area (TPSA) is 70.8 Å². The second kappa shape index (κ2) is 5.07. The molecule has 1 saturated heterocycles. The van der Waals surface area contributed by atoms with Gasteiger partial charge < -0.3 is 14.4 Å². The molecule has 0 radical (unpaired) electrons. The van der Waals surface area contributed by atoms with Crippen LogP contribution in [0, 0.1) is 12.3 Å². The quantitative estimate of drug-likeness (QED) is 0.910. The number of likely N-dealkylation sites (tertiary alicyclic amines) is 1. The maximum absolute atomic E-state index is 12.3. The SMILES string of the molecule is CCC1(C(=O)O)CCCN(C(=O)c2ccc(C)o2)C1. The summed E-state index contributed by atoms with van der Waals surface area (Å²) in [6, 6.07) is 3.38. The van der Waals surface area contributed by atoms with Crippen molar-refractivity contribution in [3.63, 3.8) is 0 Å². The van der Waals surface area contributed by atoms with Crippen molar-refractivity contribution in [2.75, 3.05) is 13.1 Å². The van der Waals surface area contributed by atoms with E-state index < -0.39 is 11.4 Å². The molecular weight excluding hydrogens is 246 g/mol. The van der Waals surface area contributed by atoms with Crippen LogP contribution in [0.25, 0.3) is 0 Å². The third-order valence-electron chi connectivity index (χ3n) is 3.95. The molecule has 2 heterocycles. The minimum atomic E-state index is -0.817. The molecule has 0 saturated carbocycles. The van der Waals surface area contributed by atoms with Crippen LogP contribution in [0.5, 0.6) is 0 Å². The number of carboxylic acid groups (broad SMARTS) is 1. The highest BCUT2D eigenvalue weighted by Crippen LogP contribution is 2.34. The van der Waals surface area contributed by atoms with E-state index in [1.54, 1.807) is 24.0 Å². The van der Waals surface area contributed by atoms with E-state index in [0.29, 0.717) is 31.6 Å². The van der Waals surface area contributed by atoms with Gasteiger partial charge in [-0.15, -0.1) is 0 Å². The lowest BCUT2D eigenvalue weighted by molar-refractivity contribution is -0.152. The van der Waals surface area contributed by atoms with Crippen molar-refractivity contribution in [3.8, 4) is 0 Å². The molecule has 2 rings (SSSR count). The van der Waals surface area contributed by atoms with Crippen LogP contribution in [-0.4, -0.2) is 35.0 Å². The second-order valence-corrected chi connectivity index (χ2v) is 5.18. The Balaban J connectivity index is 2.17. The first-order valence-electron chi connectivity index (χ1n) is 6.57. The molecular formula is C14H19NO4. The molecule has 0 spiro atoms. The lowest BCUT2D eigenvalue weighted by Gasteiger charge is -2.39. The van der Waals surface area contributed by atoms with Crippen LogP contribution in [-0.2, 0) is 4.79 Å². The second-order valence-electron chi connectivity index (χ2n) is 5.18. The van der Waals surface area contributed by atoms with E-state index in [4.69, 9.17) is 4.42 Å². The van der Waals surface area contributed by atoms with Gasteiger partial charge in [-0.2, -0.15) is 0 Å². The summed E-state index contributed by atoms with van der Waals surface area (Å²) in [7, 11) is 0. The molecule has 19 heavy (non-hydrogen) atoms. The van der Waals surface area contributed by atoms with E-state index in [-0.39, 0.29) is 18.2 Å². The number of aryl methyl sites for hydroxylation is 1. The van der Waals surface area contributed by atoms with Gasteiger partial charge in [0.05, 0.1) is 5.41 Å². The number of aliphatic carboxylic acids is 1. The molecule has 0 aliphatic carbocycles. The molecule has 1 aliphatic rings. The molecule has 0 aromatic carbocycles. The number of furan rings is 1. The Morgan fingerprint density at radius 3 is 2.74 bits per heavy atom. The smallest absolute Gasteiger partial charge is 0.311 e. The number of nitrogens with zero attached hydrogens (tertiary/aromatic N) is 1. The fraction of sp³-hybridized carbons (Fsp3) is 0.571. The van der Waals surface area contributed by atoms with Crippen molar-refractivity contribution in [1.29, 1.82) is 0 Å². The lowest BCUT2D eigenvalue weighted by atomic mass is 9.77. The predicted molar refractivity (Wildman–Crippen MR) is 68.9 cm³/mol. The standard InChI is InChI=1S/C14H19NO4/c1-3-14(13(17)18)7-4-8-15(9-14)12(16)11-6-5-10(2)19-11/h5-6H,3-4,7-9H2,1-2H3,(H,17,18). The van der Waals surface area contributed by atoms with Gasteiger partial charge in [-0.05, 0) is 38.3 Å². The van der Waals surface area contributed by atoms with Crippen LogP contribution >= 0.6 is 0 Å². The number of hydrogen-bond donors (Lipinski definition) is 1. The van der Waals surface area contributed by atoms with Gasteiger partial charge in [-0.3, -0.25) is 9.59 Å². The fourth-order valence-electron chi connectivity index (χ4n) is 2.62. The lowest BCUT2D eigenvalue weighted by Crippen LogP contribution is -2.49. The summed E-state index contributed by atoms with van der Waals surface area (Å²) >= 11 is 0. The summed E-state index contributed by atoms with van der Waals surface area (Å²) in [6.07, 6.45) is 1.87. The van der Waals surface area contributed by atoms with E-state index >= 15 is 0 Å². The van der Waals surface area contributed by atoms with Crippen LogP contribution < -0.4 is 0 Å². The molecule has 5 nitrogen and oxygen atoms in total. The van der Waals surface area contributed by atoms with Crippen molar-refractivity contribution in [2.24, 2.45) is 5.41 Å². The highest BCUT2D eigenvalue weighted by atomic mass is 16.4. The van der Waals surface area contributed by atoms with E-state index in [1.165, 1.54) is 0 Å². The summed E-state index contributed by atoms with van der Waals surface area (Å²) in [4.78, 5) is 25.3. The maximum Gasteiger partial charge on any atom is 0.311 e. The van der Waals surface area contributed by atoms with Crippen molar-refractivity contribution in [2.45, 2.75) is 33.1 Å². The Bertz CT molecular complexity index is 493. The first kappa shape index (κ1) is 13.6. The van der Waals surface area contributed by atoms with Crippen LogP contribution in [0.15, 0.2) is 16.5 Å². The third-order valence-corrected chi connectivity index (χ3v) is 3.95. The van der Waals surface area contributed by atoms with Crippen LogP contribution in [0.4, 0.5) is 0 Å². The molecule has 1 atom stereocenters. The molecule has 0 bridgehead atoms. The average molecular weight is 265 g/mol. The Morgan fingerprint density at radius 1 is 1.47 bits per heavy atom. The summed E-state index contributed by atoms with van der Waals surface area (Å²) < 4.78 is 5.32. The van der Waals surface area contributed by atoms with Crippen molar-refractivity contribution in [3.05, 3.63) is 23.7 Å². The molecule has 1 aromatic heterocycles. The van der Waals surface area contributed by atoms with E-state index in [1.807, 2.05) is 6.92 Å². The zero-order valence-electron chi connectivity index (χ0n) is 11.3. The first-order chi connectivity index (χ1) is 8.98. The molecule has 5 heteroatoms. The van der Waals surface area contributed by atoms with Gasteiger partial charge in [0.2, 0.25) is 0 Å². The summed E-state index contributed by atoms with van der Waals surface area (Å²) in [5, 5.41) is 9.40. The number of piperidine rings is 1. The molecule has 1 aromatic rings. The Labute approximate surface area is 112 Å². The minimum Gasteiger partial charge on any atom is -0.481 e. The number of carbonyl (C=O) groups excluding carboxylic acids is 1. The number of carboxylic acids is 1. The minimum absolute atomic E-state index is 0.216. The molecule has 1 unspecified atom stereocenters. The van der Waals surface area contributed by atoms with E-state index in [2.05, 4.69) is 0 Å². The summed E-state index contributed by atoms with van der Waals surface area (Å²) in [6.45, 7) is 4.49. The third kappa shape index (κ3) is 2.50. The largest absolute Gasteiger partial charge is 0.481 e. The van der Waals surface area contributed by atoms with Crippen LogP contribution in [0.3, 0.4) is 0 Å². The van der Waals surface area contributed by atoms with E-state index in [9.17, 15) is 14.7 Å². The van der Waals surface area contributed by atoms with Gasteiger partial charge in [-0.1, -0.05) is 6.92 Å². The predicted octanol–water partition coefficient (Wildman–Crippen LogP) is 2.31. The Morgan fingerprint density at radius 2 is 2.21 bits per heavy atom. The van der Waals surface area contributed by atoms with Gasteiger partial charge >= 0.3 is 5.97 Å². The Kier molecular flexibility index (Phi) is 3.64. The van der Waals surface area contributed by atoms with Crippen molar-refractivity contribution in [1.82, 2.24) is 4.90 Å². The van der Waals surface area contributed by atoms with Crippen molar-refractivity contribution >= 4 is 11.9 Å². The molecule has 1 amide bonds. The Hall–Kier alpha value is -1.78.